The molecule has 2 aliphatic heterocycles. The number of rotatable bonds is 7. The number of morpholine rings is 1. The van der Waals surface area contributed by atoms with Gasteiger partial charge in [0.1, 0.15) is 12.3 Å². The lowest BCUT2D eigenvalue weighted by atomic mass is 9.99. The van der Waals surface area contributed by atoms with E-state index in [1.165, 1.54) is 4.90 Å². The first-order valence-corrected chi connectivity index (χ1v) is 14.1. The molecule has 0 saturated carbocycles. The third-order valence-electron chi connectivity index (χ3n) is 7.04. The summed E-state index contributed by atoms with van der Waals surface area (Å²) in [5.41, 5.74) is 3.90. The minimum absolute atomic E-state index is 0.0680. The number of ether oxygens (including phenoxy) is 2. The van der Waals surface area contributed by atoms with Gasteiger partial charge < -0.3 is 14.4 Å². The van der Waals surface area contributed by atoms with Crippen molar-refractivity contribution in [3.05, 3.63) is 81.2 Å². The van der Waals surface area contributed by atoms with E-state index in [1.54, 1.807) is 11.0 Å². The molecule has 3 aromatic carbocycles. The highest BCUT2D eigenvalue weighted by Crippen LogP contribution is 2.39. The molecule has 0 aliphatic carbocycles. The average Bonchev–Trinajstić information content (AvgIpc) is 2.95. The van der Waals surface area contributed by atoms with Crippen LogP contribution in [0.2, 0.25) is 0 Å². The van der Waals surface area contributed by atoms with Crippen molar-refractivity contribution in [2.45, 2.75) is 6.04 Å². The van der Waals surface area contributed by atoms with Crippen LogP contribution in [0.3, 0.4) is 0 Å². The lowest BCUT2D eigenvalue weighted by molar-refractivity contribution is -0.133. The van der Waals surface area contributed by atoms with Crippen molar-refractivity contribution >= 4 is 49.4 Å². The number of hydrogen-bond acceptors (Lipinski definition) is 5. The van der Waals surface area contributed by atoms with Gasteiger partial charge in [0.2, 0.25) is 5.91 Å². The Bertz CT molecular complexity index is 1300. The number of hydrogen-bond donors (Lipinski definition) is 0. The highest BCUT2D eigenvalue weighted by molar-refractivity contribution is 9.13. The molecule has 0 bridgehead atoms. The quantitative estimate of drug-likeness (QED) is 0.357. The number of halogens is 2. The molecule has 1 atom stereocenters. The smallest absolute Gasteiger partial charge is 0.265 e. The minimum Gasteiger partial charge on any atom is -0.482 e. The summed E-state index contributed by atoms with van der Waals surface area (Å²) in [4.78, 5) is 32.1. The topological polar surface area (TPSA) is 62.3 Å². The minimum atomic E-state index is -0.245. The predicted molar refractivity (Wildman–Crippen MR) is 154 cm³/mol. The van der Waals surface area contributed by atoms with Crippen LogP contribution in [0.15, 0.2) is 75.7 Å². The molecule has 198 valence electrons. The van der Waals surface area contributed by atoms with E-state index >= 15 is 0 Å². The van der Waals surface area contributed by atoms with E-state index in [4.69, 9.17) is 9.47 Å². The molecule has 2 amide bonds. The summed E-state index contributed by atoms with van der Waals surface area (Å²) in [6.45, 7) is 3.51. The Kier molecular flexibility index (Phi) is 8.48. The van der Waals surface area contributed by atoms with Gasteiger partial charge in [-0.25, -0.2) is 0 Å². The Morgan fingerprint density at radius 2 is 1.63 bits per heavy atom. The molecule has 3 aromatic rings. The lowest BCUT2D eigenvalue weighted by Gasteiger charge is -2.37. The van der Waals surface area contributed by atoms with Gasteiger partial charge in [0, 0.05) is 35.6 Å². The van der Waals surface area contributed by atoms with Crippen LogP contribution in [0.25, 0.3) is 11.1 Å². The Hall–Kier alpha value is -2.72. The van der Waals surface area contributed by atoms with Crippen molar-refractivity contribution in [3.8, 4) is 16.9 Å². The van der Waals surface area contributed by atoms with Gasteiger partial charge in [-0.3, -0.25) is 19.4 Å². The van der Waals surface area contributed by atoms with Gasteiger partial charge in [-0.05, 0) is 60.7 Å². The van der Waals surface area contributed by atoms with Crippen molar-refractivity contribution in [2.24, 2.45) is 0 Å². The van der Waals surface area contributed by atoms with E-state index in [2.05, 4.69) is 73.2 Å². The molecule has 38 heavy (non-hydrogen) atoms. The zero-order valence-electron chi connectivity index (χ0n) is 21.1. The van der Waals surface area contributed by atoms with Crippen LogP contribution in [0.5, 0.6) is 5.75 Å². The van der Waals surface area contributed by atoms with E-state index in [-0.39, 0.29) is 31.0 Å². The first-order valence-electron chi connectivity index (χ1n) is 12.5. The molecule has 7 nitrogen and oxygen atoms in total. The van der Waals surface area contributed by atoms with Gasteiger partial charge in [0.25, 0.3) is 5.91 Å². The zero-order chi connectivity index (χ0) is 26.6. The molecule has 2 aliphatic rings. The van der Waals surface area contributed by atoms with E-state index in [1.807, 2.05) is 31.3 Å². The van der Waals surface area contributed by atoms with E-state index in [0.29, 0.717) is 31.2 Å². The molecule has 9 heteroatoms. The number of fused-ring (bicyclic) bond motifs is 1. The van der Waals surface area contributed by atoms with Gasteiger partial charge in [-0.2, -0.15) is 0 Å². The fourth-order valence-electron chi connectivity index (χ4n) is 4.80. The number of anilines is 1. The van der Waals surface area contributed by atoms with Crippen molar-refractivity contribution < 1.29 is 19.1 Å². The van der Waals surface area contributed by atoms with Crippen LogP contribution >= 0.6 is 31.9 Å². The molecular formula is C29H29Br2N3O4. The average molecular weight is 643 g/mol. The Morgan fingerprint density at radius 3 is 2.34 bits per heavy atom. The normalized spacial score (nSPS) is 16.5. The number of carbonyl (C=O) groups excluding carboxylic acids is 2. The van der Waals surface area contributed by atoms with Crippen LogP contribution in [0.1, 0.15) is 11.6 Å². The van der Waals surface area contributed by atoms with Crippen LogP contribution in [-0.4, -0.2) is 74.7 Å². The maximum Gasteiger partial charge on any atom is 0.265 e. The van der Waals surface area contributed by atoms with Crippen molar-refractivity contribution in [2.75, 3.05) is 57.9 Å². The summed E-state index contributed by atoms with van der Waals surface area (Å²) >= 11 is 6.97. The van der Waals surface area contributed by atoms with Crippen LogP contribution in [-0.2, 0) is 14.3 Å². The number of benzene rings is 3. The molecule has 5 rings (SSSR count). The van der Waals surface area contributed by atoms with Crippen LogP contribution in [0.4, 0.5) is 5.69 Å². The third-order valence-corrected chi connectivity index (χ3v) is 8.88. The fourth-order valence-corrected chi connectivity index (χ4v) is 5.45. The van der Waals surface area contributed by atoms with Crippen molar-refractivity contribution in [1.29, 1.82) is 0 Å². The van der Waals surface area contributed by atoms with Gasteiger partial charge in [0.15, 0.2) is 6.61 Å². The molecular weight excluding hydrogens is 614 g/mol. The Balaban J connectivity index is 1.39. The molecule has 1 unspecified atom stereocenters. The molecule has 0 N–H and O–H groups in total. The summed E-state index contributed by atoms with van der Waals surface area (Å²) in [7, 11) is 1.82. The number of likely N-dealkylation sites (N-methyl/N-ethyl adjacent to an activating group) is 1. The van der Waals surface area contributed by atoms with Crippen molar-refractivity contribution in [3.63, 3.8) is 0 Å². The molecule has 0 spiro atoms. The fraction of sp³-hybridized carbons (Fsp3) is 0.310. The zero-order valence-corrected chi connectivity index (χ0v) is 24.3. The summed E-state index contributed by atoms with van der Waals surface area (Å²) in [6, 6.07) is 22.1. The molecule has 1 fully saturated rings. The lowest BCUT2D eigenvalue weighted by Crippen LogP contribution is -2.48. The standard InChI is InChI=1S/C29H29Br2N3O4/c1-32(28(35)18-34-25-15-23(30)24(31)16-27(25)38-19-29(34)36)26(17-33-11-13-37-14-12-33)22-9-7-21(8-10-22)20-5-3-2-4-6-20/h2-10,15-16,26H,11-14,17-19H2,1H3. The maximum absolute atomic E-state index is 13.7. The molecule has 0 aromatic heterocycles. The predicted octanol–water partition coefficient (Wildman–Crippen LogP) is 5.14. The number of amides is 2. The third kappa shape index (κ3) is 5.96. The van der Waals surface area contributed by atoms with Crippen LogP contribution in [0, 0.1) is 0 Å². The van der Waals surface area contributed by atoms with Crippen LogP contribution < -0.4 is 9.64 Å². The summed E-state index contributed by atoms with van der Waals surface area (Å²) in [5, 5.41) is 0. The van der Waals surface area contributed by atoms with Gasteiger partial charge in [-0.1, -0.05) is 54.6 Å². The Labute approximate surface area is 239 Å². The second kappa shape index (κ2) is 12.0. The second-order valence-electron chi connectivity index (χ2n) is 9.42. The second-order valence-corrected chi connectivity index (χ2v) is 11.1. The van der Waals surface area contributed by atoms with E-state index in [0.717, 1.165) is 38.7 Å². The maximum atomic E-state index is 13.7. The first-order chi connectivity index (χ1) is 18.4. The molecule has 2 heterocycles. The highest BCUT2D eigenvalue weighted by atomic mass is 79.9. The van der Waals surface area contributed by atoms with Gasteiger partial charge >= 0.3 is 0 Å². The number of carbonyl (C=O) groups is 2. The summed E-state index contributed by atoms with van der Waals surface area (Å²) in [6.07, 6.45) is 0. The van der Waals surface area contributed by atoms with Gasteiger partial charge in [-0.15, -0.1) is 0 Å². The SMILES string of the molecule is CN(C(=O)CN1C(=O)COc2cc(Br)c(Br)cc21)C(CN1CCOCC1)c1ccc(-c2ccccc2)cc1. The summed E-state index contributed by atoms with van der Waals surface area (Å²) in [5.74, 6) is 0.178. The molecule has 1 saturated heterocycles. The van der Waals surface area contributed by atoms with E-state index < -0.39 is 0 Å². The van der Waals surface area contributed by atoms with Gasteiger partial charge in [0.05, 0.1) is 24.9 Å². The number of nitrogens with zero attached hydrogens (tertiary/aromatic N) is 3. The van der Waals surface area contributed by atoms with Crippen molar-refractivity contribution in [1.82, 2.24) is 9.80 Å². The highest BCUT2D eigenvalue weighted by Gasteiger charge is 2.32. The molecule has 0 radical (unpaired) electrons. The largest absolute Gasteiger partial charge is 0.482 e. The summed E-state index contributed by atoms with van der Waals surface area (Å²) < 4.78 is 12.8. The first kappa shape index (κ1) is 26.9. The Morgan fingerprint density at radius 1 is 0.974 bits per heavy atom. The monoisotopic (exact) mass is 641 g/mol. The van der Waals surface area contributed by atoms with E-state index in [9.17, 15) is 9.59 Å².